The second-order valence-electron chi connectivity index (χ2n) is 2.64. The Morgan fingerprint density at radius 2 is 2.00 bits per heavy atom. The van der Waals surface area contributed by atoms with Crippen LogP contribution in [0.5, 0.6) is 0 Å². The smallest absolute Gasteiger partial charge is 0.307 e. The third-order valence-corrected chi connectivity index (χ3v) is 1.60. The fourth-order valence-electron chi connectivity index (χ4n) is 0.965. The summed E-state index contributed by atoms with van der Waals surface area (Å²) in [6, 6.07) is 2.26. The van der Waals surface area contributed by atoms with E-state index < -0.39 is 11.8 Å². The van der Waals surface area contributed by atoms with Gasteiger partial charge in [-0.3, -0.25) is 4.79 Å². The van der Waals surface area contributed by atoms with Gasteiger partial charge in [-0.15, -0.1) is 0 Å². The number of halogens is 1. The number of hydrogen-bond acceptors (Lipinski definition) is 3. The second-order valence-corrected chi connectivity index (χ2v) is 2.64. The molecule has 0 unspecified atom stereocenters. The molecule has 5 heteroatoms. The summed E-state index contributed by atoms with van der Waals surface area (Å²) >= 11 is 0. The molecule has 70 valence electrons. The van der Waals surface area contributed by atoms with Crippen molar-refractivity contribution in [2.24, 2.45) is 0 Å². The van der Waals surface area contributed by atoms with Gasteiger partial charge in [-0.1, -0.05) is 0 Å². The maximum atomic E-state index is 12.8. The summed E-state index contributed by atoms with van der Waals surface area (Å²) in [6.07, 6.45) is -0.303. The van der Waals surface area contributed by atoms with Crippen molar-refractivity contribution in [3.05, 3.63) is 23.5 Å². The fourth-order valence-corrected chi connectivity index (χ4v) is 0.965. The number of carbonyl (C=O) groups is 1. The molecular formula is C8H9FN2O2. The van der Waals surface area contributed by atoms with Crippen molar-refractivity contribution in [1.29, 1.82) is 0 Å². The number of anilines is 2. The molecule has 0 aliphatic heterocycles. The largest absolute Gasteiger partial charge is 0.481 e. The van der Waals surface area contributed by atoms with Crippen molar-refractivity contribution in [2.75, 3.05) is 11.5 Å². The molecular weight excluding hydrogens is 175 g/mol. The summed E-state index contributed by atoms with van der Waals surface area (Å²) < 4.78 is 12.8. The minimum absolute atomic E-state index is 0.0772. The lowest BCUT2D eigenvalue weighted by Crippen LogP contribution is -2.05. The molecule has 1 rings (SSSR count). The van der Waals surface area contributed by atoms with Gasteiger partial charge in [-0.05, 0) is 17.7 Å². The standard InChI is InChI=1S/C8H9FN2O2/c9-5-1-4(2-8(12)13)6(10)3-7(5)11/h1,3H,2,10-11H2,(H,12,13). The summed E-state index contributed by atoms with van der Waals surface area (Å²) in [5.74, 6) is -1.71. The van der Waals surface area contributed by atoms with Gasteiger partial charge in [0.15, 0.2) is 0 Å². The summed E-state index contributed by atoms with van der Waals surface area (Å²) in [4.78, 5) is 10.3. The minimum Gasteiger partial charge on any atom is -0.481 e. The van der Waals surface area contributed by atoms with Gasteiger partial charge in [0.2, 0.25) is 0 Å². The monoisotopic (exact) mass is 184 g/mol. The van der Waals surface area contributed by atoms with Gasteiger partial charge in [0.1, 0.15) is 5.82 Å². The molecule has 13 heavy (non-hydrogen) atoms. The molecule has 0 radical (unpaired) electrons. The van der Waals surface area contributed by atoms with Crippen molar-refractivity contribution in [1.82, 2.24) is 0 Å². The molecule has 0 atom stereocenters. The molecule has 0 aliphatic rings. The number of carboxylic acids is 1. The molecule has 0 bridgehead atoms. The van der Waals surface area contributed by atoms with Crippen LogP contribution in [0.4, 0.5) is 15.8 Å². The first-order chi connectivity index (χ1) is 6.00. The van der Waals surface area contributed by atoms with E-state index in [2.05, 4.69) is 0 Å². The van der Waals surface area contributed by atoms with Gasteiger partial charge in [0, 0.05) is 5.69 Å². The Kier molecular flexibility index (Phi) is 2.36. The van der Waals surface area contributed by atoms with Crippen LogP contribution in [-0.4, -0.2) is 11.1 Å². The maximum absolute atomic E-state index is 12.8. The van der Waals surface area contributed by atoms with E-state index in [1.54, 1.807) is 0 Å². The van der Waals surface area contributed by atoms with E-state index in [-0.39, 0.29) is 23.4 Å². The highest BCUT2D eigenvalue weighted by molar-refractivity contribution is 5.73. The molecule has 0 saturated carbocycles. The lowest BCUT2D eigenvalue weighted by molar-refractivity contribution is -0.136. The Morgan fingerprint density at radius 1 is 1.38 bits per heavy atom. The van der Waals surface area contributed by atoms with Crippen LogP contribution < -0.4 is 11.5 Å². The highest BCUT2D eigenvalue weighted by Crippen LogP contribution is 2.19. The summed E-state index contributed by atoms with van der Waals surface area (Å²) in [7, 11) is 0. The zero-order valence-electron chi connectivity index (χ0n) is 6.75. The summed E-state index contributed by atoms with van der Waals surface area (Å²) in [5.41, 5.74) is 11.0. The molecule has 5 N–H and O–H groups in total. The van der Waals surface area contributed by atoms with Crippen molar-refractivity contribution in [3.63, 3.8) is 0 Å². The van der Waals surface area contributed by atoms with Gasteiger partial charge >= 0.3 is 5.97 Å². The van der Waals surface area contributed by atoms with E-state index in [0.29, 0.717) is 0 Å². The molecule has 0 amide bonds. The molecule has 0 fully saturated rings. The quantitative estimate of drug-likeness (QED) is 0.587. The topological polar surface area (TPSA) is 89.3 Å². The molecule has 4 nitrogen and oxygen atoms in total. The fraction of sp³-hybridized carbons (Fsp3) is 0.125. The molecule has 0 aliphatic carbocycles. The zero-order chi connectivity index (χ0) is 10.0. The van der Waals surface area contributed by atoms with Crippen molar-refractivity contribution < 1.29 is 14.3 Å². The first-order valence-electron chi connectivity index (χ1n) is 3.56. The SMILES string of the molecule is Nc1cc(N)c(CC(=O)O)cc1F. The van der Waals surface area contributed by atoms with Crippen LogP contribution in [0.15, 0.2) is 12.1 Å². The third-order valence-electron chi connectivity index (χ3n) is 1.60. The Bertz CT molecular complexity index is 352. The number of benzene rings is 1. The van der Waals surface area contributed by atoms with Crippen LogP contribution in [0.1, 0.15) is 5.56 Å². The Balaban J connectivity index is 3.08. The first kappa shape index (κ1) is 9.31. The summed E-state index contributed by atoms with van der Waals surface area (Å²) in [5, 5.41) is 8.44. The Morgan fingerprint density at radius 3 is 2.54 bits per heavy atom. The lowest BCUT2D eigenvalue weighted by Gasteiger charge is -2.04. The van der Waals surface area contributed by atoms with Gasteiger partial charge in [0.25, 0.3) is 0 Å². The van der Waals surface area contributed by atoms with Crippen LogP contribution in [-0.2, 0) is 11.2 Å². The van der Waals surface area contributed by atoms with E-state index in [1.165, 1.54) is 6.07 Å². The summed E-state index contributed by atoms with van der Waals surface area (Å²) in [6.45, 7) is 0. The van der Waals surface area contributed by atoms with Crippen molar-refractivity contribution >= 4 is 17.3 Å². The van der Waals surface area contributed by atoms with Crippen LogP contribution in [0, 0.1) is 5.82 Å². The maximum Gasteiger partial charge on any atom is 0.307 e. The first-order valence-corrected chi connectivity index (χ1v) is 3.56. The van der Waals surface area contributed by atoms with Gasteiger partial charge in [-0.2, -0.15) is 0 Å². The van der Waals surface area contributed by atoms with E-state index in [9.17, 15) is 9.18 Å². The number of rotatable bonds is 2. The molecule has 1 aromatic carbocycles. The van der Waals surface area contributed by atoms with Crippen LogP contribution >= 0.6 is 0 Å². The third kappa shape index (κ3) is 2.08. The predicted molar refractivity (Wildman–Crippen MR) is 46.6 cm³/mol. The number of hydrogen-bond donors (Lipinski definition) is 3. The molecule has 0 saturated heterocycles. The number of nitrogens with two attached hydrogens (primary N) is 2. The van der Waals surface area contributed by atoms with E-state index in [1.807, 2.05) is 0 Å². The highest BCUT2D eigenvalue weighted by Gasteiger charge is 2.08. The van der Waals surface area contributed by atoms with Gasteiger partial charge in [-0.25, -0.2) is 4.39 Å². The molecule has 0 heterocycles. The van der Waals surface area contributed by atoms with Crippen molar-refractivity contribution in [2.45, 2.75) is 6.42 Å². The van der Waals surface area contributed by atoms with Gasteiger partial charge in [0.05, 0.1) is 12.1 Å². The van der Waals surface area contributed by atoms with E-state index in [4.69, 9.17) is 16.6 Å². The molecule has 0 aromatic heterocycles. The molecule has 1 aromatic rings. The van der Waals surface area contributed by atoms with Gasteiger partial charge < -0.3 is 16.6 Å². The van der Waals surface area contributed by atoms with Crippen molar-refractivity contribution in [3.8, 4) is 0 Å². The van der Waals surface area contributed by atoms with Crippen LogP contribution in [0.3, 0.4) is 0 Å². The Labute approximate surface area is 74.0 Å². The van der Waals surface area contributed by atoms with E-state index >= 15 is 0 Å². The average Bonchev–Trinajstić information content (AvgIpc) is 1.99. The van der Waals surface area contributed by atoms with Crippen LogP contribution in [0.2, 0.25) is 0 Å². The average molecular weight is 184 g/mol. The zero-order valence-corrected chi connectivity index (χ0v) is 6.75. The number of aliphatic carboxylic acids is 1. The predicted octanol–water partition coefficient (Wildman–Crippen LogP) is 0.617. The van der Waals surface area contributed by atoms with E-state index in [0.717, 1.165) is 6.07 Å². The minimum atomic E-state index is -1.06. The number of carboxylic acid groups (broad SMARTS) is 1. The second kappa shape index (κ2) is 3.30. The normalized spacial score (nSPS) is 9.92. The highest BCUT2D eigenvalue weighted by atomic mass is 19.1. The Hall–Kier alpha value is -1.78. The number of nitrogen functional groups attached to an aromatic ring is 2. The molecule has 0 spiro atoms. The van der Waals surface area contributed by atoms with Crippen LogP contribution in [0.25, 0.3) is 0 Å². The lowest BCUT2D eigenvalue weighted by atomic mass is 10.1.